The van der Waals surface area contributed by atoms with Gasteiger partial charge in [0.05, 0.1) is 22.4 Å². The Balaban J connectivity index is 2.09. The highest BCUT2D eigenvalue weighted by molar-refractivity contribution is 6.63. The molecule has 1 fully saturated rings. The Hall–Kier alpha value is -3.72. The lowest BCUT2D eigenvalue weighted by Crippen LogP contribution is -2.64. The van der Waals surface area contributed by atoms with E-state index < -0.39 is 46.2 Å². The average Bonchev–Trinajstić information content (AvgIpc) is 2.65. The first-order valence-corrected chi connectivity index (χ1v) is 8.66. The minimum absolute atomic E-state index is 0.0471. The second-order valence-electron chi connectivity index (χ2n) is 6.89. The molecule has 11 nitrogen and oxygen atoms in total. The molecule has 0 spiro atoms. The van der Waals surface area contributed by atoms with Gasteiger partial charge in [-0.3, -0.25) is 19.7 Å². The number of nitrogens with zero attached hydrogens (tertiary/aromatic N) is 3. The number of β-lactam (4-membered cyclic amide) rings is 1. The van der Waals surface area contributed by atoms with Gasteiger partial charge in [-0.2, -0.15) is 4.79 Å². The van der Waals surface area contributed by atoms with Crippen LogP contribution in [-0.2, 0) is 19.1 Å². The van der Waals surface area contributed by atoms with Gasteiger partial charge in [-0.05, 0) is 18.1 Å². The molecule has 1 N–H and O–H groups in total. The van der Waals surface area contributed by atoms with Crippen LogP contribution in [-0.4, -0.2) is 45.1 Å². The molecule has 1 heterocycles. The zero-order chi connectivity index (χ0) is 21.9. The van der Waals surface area contributed by atoms with Gasteiger partial charge in [0.2, 0.25) is 5.91 Å². The third kappa shape index (κ3) is 4.41. The summed E-state index contributed by atoms with van der Waals surface area (Å²) in [5.41, 5.74) is 7.66. The van der Waals surface area contributed by atoms with Crippen LogP contribution in [0.3, 0.4) is 0 Å². The third-order valence-electron chi connectivity index (χ3n) is 4.70. The SMILES string of the molecule is CC(C)[C@H]1C(=O)N[C@@H]1[C@@H](C)C(=O)C(=[N+]=[N-])C(=O)OC(=O)c1ccc([N+](=O)[O-])cc1. The lowest BCUT2D eigenvalue weighted by molar-refractivity contribution is -0.384. The van der Waals surface area contributed by atoms with Crippen LogP contribution < -0.4 is 5.32 Å². The van der Waals surface area contributed by atoms with Gasteiger partial charge in [-0.25, -0.2) is 9.59 Å². The van der Waals surface area contributed by atoms with E-state index in [0.717, 1.165) is 24.3 Å². The van der Waals surface area contributed by atoms with E-state index in [1.54, 1.807) is 0 Å². The first-order valence-electron chi connectivity index (χ1n) is 8.66. The van der Waals surface area contributed by atoms with E-state index in [0.29, 0.717) is 0 Å². The first-order chi connectivity index (χ1) is 13.6. The molecule has 0 aromatic heterocycles. The molecule has 0 unspecified atom stereocenters. The van der Waals surface area contributed by atoms with Crippen molar-refractivity contribution in [2.45, 2.75) is 26.8 Å². The minimum atomic E-state index is -1.47. The summed E-state index contributed by atoms with van der Waals surface area (Å²) in [6.45, 7) is 5.08. The van der Waals surface area contributed by atoms with Gasteiger partial charge in [-0.15, -0.1) is 0 Å². The molecule has 2 rings (SSSR count). The topological polar surface area (TPSA) is 169 Å². The number of nitro groups is 1. The van der Waals surface area contributed by atoms with E-state index in [-0.39, 0.29) is 23.1 Å². The minimum Gasteiger partial charge on any atom is -0.380 e. The summed E-state index contributed by atoms with van der Waals surface area (Å²) >= 11 is 0. The van der Waals surface area contributed by atoms with Crippen LogP contribution in [0.1, 0.15) is 31.1 Å². The fourth-order valence-electron chi connectivity index (χ4n) is 3.05. The number of nitrogens with one attached hydrogen (secondary N) is 1. The molecule has 0 bridgehead atoms. The Kier molecular flexibility index (Phi) is 6.35. The van der Waals surface area contributed by atoms with Gasteiger partial charge in [0.25, 0.3) is 11.5 Å². The fraction of sp³-hybridized carbons (Fsp3) is 0.389. The third-order valence-corrected chi connectivity index (χ3v) is 4.70. The number of carbonyl (C=O) groups is 4. The van der Waals surface area contributed by atoms with E-state index >= 15 is 0 Å². The van der Waals surface area contributed by atoms with Gasteiger partial charge in [0.1, 0.15) is 0 Å². The number of benzene rings is 1. The zero-order valence-electron chi connectivity index (χ0n) is 15.8. The normalized spacial score (nSPS) is 18.7. The summed E-state index contributed by atoms with van der Waals surface area (Å²) in [7, 11) is 0. The van der Waals surface area contributed by atoms with Gasteiger partial charge in [-0.1, -0.05) is 20.8 Å². The molecular formula is C18H18N4O7. The van der Waals surface area contributed by atoms with E-state index in [9.17, 15) is 29.3 Å². The van der Waals surface area contributed by atoms with Crippen molar-refractivity contribution in [1.82, 2.24) is 5.32 Å². The van der Waals surface area contributed by atoms with Gasteiger partial charge in [0, 0.05) is 18.1 Å². The quantitative estimate of drug-likeness (QED) is 0.103. The summed E-state index contributed by atoms with van der Waals surface area (Å²) in [6.07, 6.45) is 0. The number of ketones is 1. The molecule has 1 aliphatic rings. The molecular weight excluding hydrogens is 384 g/mol. The number of hydrogen-bond acceptors (Lipinski definition) is 7. The van der Waals surface area contributed by atoms with Crippen LogP contribution >= 0.6 is 0 Å². The molecule has 0 saturated carbocycles. The Morgan fingerprint density at radius 3 is 2.24 bits per heavy atom. The monoisotopic (exact) mass is 402 g/mol. The summed E-state index contributed by atoms with van der Waals surface area (Å²) in [6, 6.07) is 3.68. The highest BCUT2D eigenvalue weighted by Crippen LogP contribution is 2.29. The van der Waals surface area contributed by atoms with Gasteiger partial charge >= 0.3 is 17.7 Å². The molecule has 3 atom stereocenters. The highest BCUT2D eigenvalue weighted by Gasteiger charge is 2.49. The Labute approximate surface area is 164 Å². The number of amides is 1. The van der Waals surface area contributed by atoms with Crippen LogP contribution in [0.25, 0.3) is 5.53 Å². The standard InChI is InChI=1S/C18H18N4O7/c1-8(2)12-13(20-16(12)24)9(3)15(23)14(21-19)18(26)29-17(25)10-4-6-11(7-5-10)22(27)28/h4-9,12-13H,1-3H3,(H,20,24)/t9-,12-,13-/m1/s1. The second-order valence-corrected chi connectivity index (χ2v) is 6.89. The fourth-order valence-corrected chi connectivity index (χ4v) is 3.05. The van der Waals surface area contributed by atoms with Crippen molar-refractivity contribution in [3.8, 4) is 0 Å². The molecule has 1 aromatic rings. The van der Waals surface area contributed by atoms with Crippen LogP contribution in [0, 0.1) is 27.9 Å². The highest BCUT2D eigenvalue weighted by atomic mass is 16.6. The predicted molar refractivity (Wildman–Crippen MR) is 96.6 cm³/mol. The van der Waals surface area contributed by atoms with Crippen molar-refractivity contribution in [1.29, 1.82) is 0 Å². The lowest BCUT2D eigenvalue weighted by atomic mass is 9.74. The number of hydrogen-bond donors (Lipinski definition) is 1. The molecule has 1 aliphatic heterocycles. The number of non-ortho nitro benzene ring substituents is 1. The average molecular weight is 402 g/mol. The molecule has 1 aromatic carbocycles. The molecule has 11 heteroatoms. The van der Waals surface area contributed by atoms with Crippen molar-refractivity contribution >= 4 is 35.0 Å². The molecule has 152 valence electrons. The Morgan fingerprint density at radius 2 is 1.79 bits per heavy atom. The van der Waals surface area contributed by atoms with Crippen molar-refractivity contribution in [3.05, 3.63) is 45.5 Å². The van der Waals surface area contributed by atoms with Crippen LogP contribution in [0.5, 0.6) is 0 Å². The molecule has 1 saturated heterocycles. The van der Waals surface area contributed by atoms with E-state index in [1.807, 2.05) is 13.8 Å². The number of rotatable bonds is 7. The molecule has 29 heavy (non-hydrogen) atoms. The summed E-state index contributed by atoms with van der Waals surface area (Å²) in [5.74, 6) is -5.15. The van der Waals surface area contributed by atoms with Crippen LogP contribution in [0.4, 0.5) is 5.69 Å². The van der Waals surface area contributed by atoms with Gasteiger partial charge in [0.15, 0.2) is 0 Å². The Bertz CT molecular complexity index is 932. The van der Waals surface area contributed by atoms with Crippen molar-refractivity contribution in [2.24, 2.45) is 17.8 Å². The molecule has 0 aliphatic carbocycles. The first kappa shape index (κ1) is 21.6. The van der Waals surface area contributed by atoms with E-state index in [2.05, 4.69) is 14.8 Å². The lowest BCUT2D eigenvalue weighted by Gasteiger charge is -2.41. The molecule has 1 amide bonds. The van der Waals surface area contributed by atoms with E-state index in [1.165, 1.54) is 6.92 Å². The second kappa shape index (κ2) is 8.53. The number of Topliss-reactive ketones (excluding diaryl/α,β-unsaturated/α-hetero) is 1. The number of esters is 2. The maximum Gasteiger partial charge on any atom is 0.442 e. The number of nitro benzene ring substituents is 1. The predicted octanol–water partition coefficient (Wildman–Crippen LogP) is 0.925. The smallest absolute Gasteiger partial charge is 0.380 e. The summed E-state index contributed by atoms with van der Waals surface area (Å²) in [5, 5.41) is 13.2. The van der Waals surface area contributed by atoms with Crippen molar-refractivity contribution < 1.29 is 33.6 Å². The van der Waals surface area contributed by atoms with Crippen molar-refractivity contribution in [2.75, 3.05) is 0 Å². The zero-order valence-corrected chi connectivity index (χ0v) is 15.8. The summed E-state index contributed by atoms with van der Waals surface area (Å²) in [4.78, 5) is 61.0. The summed E-state index contributed by atoms with van der Waals surface area (Å²) < 4.78 is 4.54. The van der Waals surface area contributed by atoms with Gasteiger partial charge < -0.3 is 15.6 Å². The van der Waals surface area contributed by atoms with Crippen LogP contribution in [0.15, 0.2) is 24.3 Å². The maximum absolute atomic E-state index is 12.5. The van der Waals surface area contributed by atoms with E-state index in [4.69, 9.17) is 5.53 Å². The maximum atomic E-state index is 12.5. The van der Waals surface area contributed by atoms with Crippen LogP contribution in [0.2, 0.25) is 0 Å². The number of ether oxygens (including phenoxy) is 1. The number of carbonyl (C=O) groups excluding carboxylic acids is 4. The van der Waals surface area contributed by atoms with Crippen molar-refractivity contribution in [3.63, 3.8) is 0 Å². The molecule has 0 radical (unpaired) electrons. The largest absolute Gasteiger partial charge is 0.442 e. The Morgan fingerprint density at radius 1 is 1.21 bits per heavy atom.